The number of carbonyl (C=O) groups is 1. The molecule has 0 unspecified atom stereocenters. The standard InChI is InChI=1S/C16H11N5O5/c22-16(10-5-12(20(23)24)7-13(6-10)21(25)26)19-18-9-11-8-17-15-4-2-1-3-14(11)15/h1-9,17H,(H,19,22)/b18-9+. The van der Waals surface area contributed by atoms with Gasteiger partial charge in [0.1, 0.15) is 0 Å². The number of nitro benzene ring substituents is 2. The molecule has 3 rings (SSSR count). The van der Waals surface area contributed by atoms with E-state index in [0.717, 1.165) is 34.7 Å². The van der Waals surface area contributed by atoms with Crippen molar-refractivity contribution in [1.29, 1.82) is 0 Å². The fourth-order valence-corrected chi connectivity index (χ4v) is 2.36. The number of benzene rings is 2. The second-order valence-corrected chi connectivity index (χ2v) is 5.24. The van der Waals surface area contributed by atoms with E-state index in [-0.39, 0.29) is 5.56 Å². The predicted molar refractivity (Wildman–Crippen MR) is 93.1 cm³/mol. The first-order valence-corrected chi connectivity index (χ1v) is 7.29. The Kier molecular flexibility index (Phi) is 4.39. The Morgan fingerprint density at radius 3 is 2.38 bits per heavy atom. The van der Waals surface area contributed by atoms with Crippen LogP contribution in [0.15, 0.2) is 53.8 Å². The molecule has 0 spiro atoms. The van der Waals surface area contributed by atoms with Crippen LogP contribution < -0.4 is 5.43 Å². The summed E-state index contributed by atoms with van der Waals surface area (Å²) < 4.78 is 0. The van der Waals surface area contributed by atoms with Crippen LogP contribution >= 0.6 is 0 Å². The first kappa shape index (κ1) is 16.8. The van der Waals surface area contributed by atoms with Gasteiger partial charge >= 0.3 is 0 Å². The number of hydrogen-bond acceptors (Lipinski definition) is 6. The zero-order chi connectivity index (χ0) is 18.7. The summed E-state index contributed by atoms with van der Waals surface area (Å²) in [6.07, 6.45) is 3.11. The number of non-ortho nitro benzene ring substituents is 2. The number of aromatic amines is 1. The van der Waals surface area contributed by atoms with Gasteiger partial charge in [-0.2, -0.15) is 5.10 Å². The number of fused-ring (bicyclic) bond motifs is 1. The summed E-state index contributed by atoms with van der Waals surface area (Å²) in [6, 6.07) is 10.2. The van der Waals surface area contributed by atoms with Gasteiger partial charge in [-0.1, -0.05) is 18.2 Å². The lowest BCUT2D eigenvalue weighted by Gasteiger charge is -2.00. The van der Waals surface area contributed by atoms with Crippen LogP contribution in [0.3, 0.4) is 0 Å². The fraction of sp³-hybridized carbons (Fsp3) is 0. The predicted octanol–water partition coefficient (Wildman–Crippen LogP) is 2.75. The highest BCUT2D eigenvalue weighted by Gasteiger charge is 2.19. The zero-order valence-corrected chi connectivity index (χ0v) is 13.1. The van der Waals surface area contributed by atoms with Crippen LogP contribution in [-0.4, -0.2) is 27.0 Å². The second-order valence-electron chi connectivity index (χ2n) is 5.24. The third-order valence-corrected chi connectivity index (χ3v) is 3.58. The van der Waals surface area contributed by atoms with E-state index in [0.29, 0.717) is 0 Å². The maximum atomic E-state index is 12.1. The van der Waals surface area contributed by atoms with E-state index in [1.165, 1.54) is 6.21 Å². The molecule has 0 fully saturated rings. The number of carbonyl (C=O) groups excluding carboxylic acids is 1. The van der Waals surface area contributed by atoms with Crippen LogP contribution in [0.25, 0.3) is 10.9 Å². The van der Waals surface area contributed by atoms with Crippen molar-refractivity contribution in [2.45, 2.75) is 0 Å². The number of hydrogen-bond donors (Lipinski definition) is 2. The number of H-pyrrole nitrogens is 1. The maximum absolute atomic E-state index is 12.1. The average molecular weight is 353 g/mol. The topological polar surface area (TPSA) is 144 Å². The molecule has 10 heteroatoms. The van der Waals surface area contributed by atoms with Gasteiger partial charge in [-0.25, -0.2) is 5.43 Å². The van der Waals surface area contributed by atoms with Gasteiger partial charge in [0.25, 0.3) is 17.3 Å². The zero-order valence-electron chi connectivity index (χ0n) is 13.1. The molecule has 0 saturated heterocycles. The van der Waals surface area contributed by atoms with Crippen molar-refractivity contribution in [3.05, 3.63) is 80.0 Å². The summed E-state index contributed by atoms with van der Waals surface area (Å²) in [7, 11) is 0. The van der Waals surface area contributed by atoms with Gasteiger partial charge in [-0.05, 0) is 6.07 Å². The lowest BCUT2D eigenvalue weighted by Crippen LogP contribution is -2.18. The Morgan fingerprint density at radius 2 is 1.73 bits per heavy atom. The molecule has 2 aromatic carbocycles. The fourth-order valence-electron chi connectivity index (χ4n) is 2.36. The molecule has 0 radical (unpaired) electrons. The third-order valence-electron chi connectivity index (χ3n) is 3.58. The van der Waals surface area contributed by atoms with Crippen molar-refractivity contribution in [1.82, 2.24) is 10.4 Å². The molecule has 0 aliphatic rings. The number of aromatic nitrogens is 1. The molecule has 2 N–H and O–H groups in total. The van der Waals surface area contributed by atoms with Gasteiger partial charge in [-0.15, -0.1) is 0 Å². The van der Waals surface area contributed by atoms with E-state index in [9.17, 15) is 25.0 Å². The van der Waals surface area contributed by atoms with Crippen LogP contribution in [-0.2, 0) is 0 Å². The van der Waals surface area contributed by atoms with Gasteiger partial charge < -0.3 is 4.98 Å². The smallest absolute Gasteiger partial charge is 0.277 e. The number of nitrogens with zero attached hydrogens (tertiary/aromatic N) is 3. The van der Waals surface area contributed by atoms with Crippen molar-refractivity contribution >= 4 is 34.4 Å². The van der Waals surface area contributed by atoms with Crippen molar-refractivity contribution in [3.8, 4) is 0 Å². The number of rotatable bonds is 5. The summed E-state index contributed by atoms with van der Waals surface area (Å²) in [5.74, 6) is -0.798. The highest BCUT2D eigenvalue weighted by Crippen LogP contribution is 2.22. The minimum atomic E-state index is -0.807. The highest BCUT2D eigenvalue weighted by molar-refractivity contribution is 6.00. The normalized spacial score (nSPS) is 10.9. The number of nitrogens with one attached hydrogen (secondary N) is 2. The molecule has 26 heavy (non-hydrogen) atoms. The number of nitro groups is 2. The first-order valence-electron chi connectivity index (χ1n) is 7.29. The minimum absolute atomic E-state index is 0.234. The first-order chi connectivity index (χ1) is 12.5. The van der Waals surface area contributed by atoms with Gasteiger partial charge in [-0.3, -0.25) is 25.0 Å². The second kappa shape index (κ2) is 6.81. The molecule has 0 atom stereocenters. The average Bonchev–Trinajstić information content (AvgIpc) is 3.04. The van der Waals surface area contributed by atoms with E-state index in [1.807, 2.05) is 24.3 Å². The van der Waals surface area contributed by atoms with Gasteiger partial charge in [0.2, 0.25) is 0 Å². The Morgan fingerprint density at radius 1 is 1.08 bits per heavy atom. The van der Waals surface area contributed by atoms with E-state index in [2.05, 4.69) is 15.5 Å². The molecule has 10 nitrogen and oxygen atoms in total. The quantitative estimate of drug-likeness (QED) is 0.412. The van der Waals surface area contributed by atoms with Crippen molar-refractivity contribution in [2.75, 3.05) is 0 Å². The van der Waals surface area contributed by atoms with Crippen LogP contribution in [0.5, 0.6) is 0 Å². The van der Waals surface area contributed by atoms with Crippen LogP contribution in [0.1, 0.15) is 15.9 Å². The molecule has 130 valence electrons. The lowest BCUT2D eigenvalue weighted by molar-refractivity contribution is -0.394. The van der Waals surface area contributed by atoms with Crippen molar-refractivity contribution < 1.29 is 14.6 Å². The van der Waals surface area contributed by atoms with E-state index in [1.54, 1.807) is 6.20 Å². The molecule has 3 aromatic rings. The van der Waals surface area contributed by atoms with Crippen molar-refractivity contribution in [3.63, 3.8) is 0 Å². The van der Waals surface area contributed by atoms with E-state index >= 15 is 0 Å². The summed E-state index contributed by atoms with van der Waals surface area (Å²) >= 11 is 0. The number of amides is 1. The lowest BCUT2D eigenvalue weighted by atomic mass is 10.1. The third kappa shape index (κ3) is 3.38. The minimum Gasteiger partial charge on any atom is -0.361 e. The SMILES string of the molecule is O=C(N/N=C/c1c[nH]c2ccccc12)c1cc([N+](=O)[O-])cc([N+](=O)[O-])c1. The van der Waals surface area contributed by atoms with Crippen molar-refractivity contribution in [2.24, 2.45) is 5.10 Å². The summed E-state index contributed by atoms with van der Waals surface area (Å²) in [4.78, 5) is 35.3. The van der Waals surface area contributed by atoms with Gasteiger partial charge in [0.05, 0.1) is 27.7 Å². The van der Waals surface area contributed by atoms with Crippen LogP contribution in [0, 0.1) is 20.2 Å². The van der Waals surface area contributed by atoms with E-state index < -0.39 is 27.1 Å². The molecule has 0 aliphatic carbocycles. The molecular formula is C16H11N5O5. The van der Waals surface area contributed by atoms with Crippen LogP contribution in [0.4, 0.5) is 11.4 Å². The Hall–Kier alpha value is -4.08. The molecule has 1 aromatic heterocycles. The summed E-state index contributed by atoms with van der Waals surface area (Å²) in [6.45, 7) is 0. The number of para-hydroxylation sites is 1. The van der Waals surface area contributed by atoms with Gasteiger partial charge in [0.15, 0.2) is 0 Å². The Balaban J connectivity index is 1.81. The Bertz CT molecular complexity index is 1020. The Labute approximate surface area is 145 Å². The number of hydrazone groups is 1. The molecule has 1 amide bonds. The summed E-state index contributed by atoms with van der Waals surface area (Å²) in [5, 5.41) is 26.4. The highest BCUT2D eigenvalue weighted by atomic mass is 16.6. The largest absolute Gasteiger partial charge is 0.361 e. The molecule has 1 heterocycles. The molecular weight excluding hydrogens is 342 g/mol. The summed E-state index contributed by atoms with van der Waals surface area (Å²) in [5.41, 5.74) is 2.49. The van der Waals surface area contributed by atoms with Gasteiger partial charge in [0, 0.05) is 34.8 Å². The van der Waals surface area contributed by atoms with E-state index in [4.69, 9.17) is 0 Å². The molecule has 0 bridgehead atoms. The maximum Gasteiger partial charge on any atom is 0.277 e. The molecule has 0 saturated carbocycles. The molecule has 0 aliphatic heterocycles. The monoisotopic (exact) mass is 353 g/mol. The van der Waals surface area contributed by atoms with Crippen LogP contribution in [0.2, 0.25) is 0 Å².